The number of fused-ring (bicyclic) bond motifs is 2. The zero-order valence-corrected chi connectivity index (χ0v) is 14.5. The molecule has 2 aromatic carbocycles. The van der Waals surface area contributed by atoms with Crippen LogP contribution in [-0.4, -0.2) is 35.8 Å². The topological polar surface area (TPSA) is 23.6 Å². The molecule has 25 heavy (non-hydrogen) atoms. The van der Waals surface area contributed by atoms with Crippen molar-refractivity contribution in [2.75, 3.05) is 20.1 Å². The van der Waals surface area contributed by atoms with E-state index in [1.165, 1.54) is 22.8 Å². The molecular formula is C22H22N2O. The Bertz CT molecular complexity index is 929. The predicted molar refractivity (Wildman–Crippen MR) is 99.9 cm³/mol. The molecule has 2 heterocycles. The van der Waals surface area contributed by atoms with E-state index in [0.29, 0.717) is 5.92 Å². The molecule has 0 spiro atoms. The fourth-order valence-corrected chi connectivity index (χ4v) is 4.62. The van der Waals surface area contributed by atoms with Crippen LogP contribution in [0.2, 0.25) is 0 Å². The molecule has 1 saturated carbocycles. The Labute approximate surface area is 148 Å². The molecule has 0 radical (unpaired) electrons. The van der Waals surface area contributed by atoms with Crippen molar-refractivity contribution >= 4 is 16.7 Å². The standard InChI is InChI=1S/C22H22N2O/c1-23-10-4-7-18(13-23)21(25)24-14-20-12-22(20,15-24)19-9-8-16-5-2-3-6-17(16)11-19/h2-6,8-11,13,20H,7,12,14-15H2,1H3/t20-,22+/m1/s1. The summed E-state index contributed by atoms with van der Waals surface area (Å²) in [5, 5.41) is 2.58. The van der Waals surface area contributed by atoms with Crippen LogP contribution in [0.4, 0.5) is 0 Å². The van der Waals surface area contributed by atoms with E-state index < -0.39 is 0 Å². The van der Waals surface area contributed by atoms with Gasteiger partial charge in [0, 0.05) is 37.3 Å². The minimum absolute atomic E-state index is 0.191. The molecule has 0 bridgehead atoms. The highest BCUT2D eigenvalue weighted by molar-refractivity contribution is 5.94. The molecule has 2 fully saturated rings. The molecule has 5 rings (SSSR count). The van der Waals surface area contributed by atoms with E-state index in [9.17, 15) is 4.79 Å². The normalized spacial score (nSPS) is 27.4. The molecule has 2 aliphatic heterocycles. The lowest BCUT2D eigenvalue weighted by Crippen LogP contribution is -2.34. The van der Waals surface area contributed by atoms with Crippen molar-refractivity contribution in [3.8, 4) is 0 Å². The van der Waals surface area contributed by atoms with Crippen LogP contribution >= 0.6 is 0 Å². The summed E-state index contributed by atoms with van der Waals surface area (Å²) < 4.78 is 0. The van der Waals surface area contributed by atoms with Crippen molar-refractivity contribution < 1.29 is 4.79 Å². The average Bonchev–Trinajstić information content (AvgIpc) is 3.22. The maximum absolute atomic E-state index is 12.9. The molecule has 1 saturated heterocycles. The third-order valence-electron chi connectivity index (χ3n) is 6.07. The van der Waals surface area contributed by atoms with Gasteiger partial charge >= 0.3 is 0 Å². The van der Waals surface area contributed by atoms with Gasteiger partial charge in [0.15, 0.2) is 0 Å². The van der Waals surface area contributed by atoms with Crippen LogP contribution in [0.15, 0.2) is 66.5 Å². The predicted octanol–water partition coefficient (Wildman–Crippen LogP) is 3.67. The third kappa shape index (κ3) is 2.30. The number of carbonyl (C=O) groups is 1. The fraction of sp³-hybridized carbons (Fsp3) is 0.318. The van der Waals surface area contributed by atoms with Crippen molar-refractivity contribution in [1.29, 1.82) is 0 Å². The molecule has 2 aromatic rings. The first kappa shape index (κ1) is 14.8. The second kappa shape index (κ2) is 5.22. The summed E-state index contributed by atoms with van der Waals surface area (Å²) in [6.07, 6.45) is 7.99. The summed E-state index contributed by atoms with van der Waals surface area (Å²) in [6, 6.07) is 15.3. The van der Waals surface area contributed by atoms with Gasteiger partial charge < -0.3 is 9.80 Å². The summed E-state index contributed by atoms with van der Waals surface area (Å²) in [6.45, 7) is 1.76. The molecule has 1 amide bonds. The van der Waals surface area contributed by atoms with Gasteiger partial charge in [0.2, 0.25) is 0 Å². The number of hydrogen-bond acceptors (Lipinski definition) is 2. The van der Waals surface area contributed by atoms with Gasteiger partial charge in [-0.1, -0.05) is 48.5 Å². The highest BCUT2D eigenvalue weighted by Crippen LogP contribution is 2.59. The van der Waals surface area contributed by atoms with Gasteiger partial charge in [-0.05, 0) is 41.3 Å². The van der Waals surface area contributed by atoms with Crippen LogP contribution in [0.25, 0.3) is 10.8 Å². The summed E-state index contributed by atoms with van der Waals surface area (Å²) >= 11 is 0. The first-order valence-corrected chi connectivity index (χ1v) is 9.04. The highest BCUT2D eigenvalue weighted by atomic mass is 16.2. The Hall–Kier alpha value is -2.55. The summed E-state index contributed by atoms with van der Waals surface area (Å²) in [5.41, 5.74) is 2.50. The monoisotopic (exact) mass is 330 g/mol. The Morgan fingerprint density at radius 3 is 2.84 bits per heavy atom. The van der Waals surface area contributed by atoms with Gasteiger partial charge in [0.05, 0.1) is 0 Å². The number of rotatable bonds is 2. The largest absolute Gasteiger partial charge is 0.357 e. The van der Waals surface area contributed by atoms with Crippen LogP contribution in [0.3, 0.4) is 0 Å². The van der Waals surface area contributed by atoms with E-state index in [1.54, 1.807) is 0 Å². The average molecular weight is 330 g/mol. The van der Waals surface area contributed by atoms with E-state index in [0.717, 1.165) is 25.1 Å². The number of benzene rings is 2. The zero-order chi connectivity index (χ0) is 17.0. The Morgan fingerprint density at radius 1 is 1.16 bits per heavy atom. The molecule has 3 aliphatic rings. The third-order valence-corrected chi connectivity index (χ3v) is 6.07. The lowest BCUT2D eigenvalue weighted by molar-refractivity contribution is -0.126. The van der Waals surface area contributed by atoms with E-state index in [2.05, 4.69) is 53.4 Å². The van der Waals surface area contributed by atoms with Crippen LogP contribution in [-0.2, 0) is 10.2 Å². The van der Waals surface area contributed by atoms with Crippen molar-refractivity contribution in [3.05, 3.63) is 72.1 Å². The Kier molecular flexibility index (Phi) is 3.08. The fourth-order valence-electron chi connectivity index (χ4n) is 4.62. The quantitative estimate of drug-likeness (QED) is 0.839. The van der Waals surface area contributed by atoms with Gasteiger partial charge in [0.1, 0.15) is 0 Å². The lowest BCUT2D eigenvalue weighted by Gasteiger charge is -2.24. The van der Waals surface area contributed by atoms with E-state index in [-0.39, 0.29) is 11.3 Å². The van der Waals surface area contributed by atoms with Gasteiger partial charge in [-0.3, -0.25) is 4.79 Å². The van der Waals surface area contributed by atoms with Crippen molar-refractivity contribution in [3.63, 3.8) is 0 Å². The van der Waals surface area contributed by atoms with Crippen molar-refractivity contribution in [1.82, 2.24) is 9.80 Å². The van der Waals surface area contributed by atoms with Crippen LogP contribution < -0.4 is 0 Å². The number of allylic oxidation sites excluding steroid dienone is 1. The maximum Gasteiger partial charge on any atom is 0.251 e. The molecule has 0 N–H and O–H groups in total. The first-order chi connectivity index (χ1) is 12.2. The van der Waals surface area contributed by atoms with Gasteiger partial charge in [-0.15, -0.1) is 0 Å². The Morgan fingerprint density at radius 2 is 2.00 bits per heavy atom. The molecule has 126 valence electrons. The van der Waals surface area contributed by atoms with Crippen molar-refractivity contribution in [2.24, 2.45) is 5.92 Å². The Balaban J connectivity index is 1.40. The van der Waals surface area contributed by atoms with Crippen molar-refractivity contribution in [2.45, 2.75) is 18.3 Å². The highest BCUT2D eigenvalue weighted by Gasteiger charge is 2.61. The minimum Gasteiger partial charge on any atom is -0.357 e. The van der Waals surface area contributed by atoms with Crippen LogP contribution in [0.5, 0.6) is 0 Å². The van der Waals surface area contributed by atoms with Gasteiger partial charge in [-0.2, -0.15) is 0 Å². The molecule has 0 unspecified atom stereocenters. The van der Waals surface area contributed by atoms with E-state index >= 15 is 0 Å². The van der Waals surface area contributed by atoms with Gasteiger partial charge in [-0.25, -0.2) is 0 Å². The smallest absolute Gasteiger partial charge is 0.251 e. The van der Waals surface area contributed by atoms with E-state index in [4.69, 9.17) is 0 Å². The number of likely N-dealkylation sites (tertiary alicyclic amines) is 1. The summed E-state index contributed by atoms with van der Waals surface area (Å²) in [7, 11) is 1.97. The number of carbonyl (C=O) groups excluding carboxylic acids is 1. The maximum atomic E-state index is 12.9. The number of piperidine rings is 1. The van der Waals surface area contributed by atoms with E-state index in [1.807, 2.05) is 24.3 Å². The number of nitrogens with zero attached hydrogens (tertiary/aromatic N) is 2. The molecule has 0 aromatic heterocycles. The molecule has 3 heteroatoms. The second-order valence-corrected chi connectivity index (χ2v) is 7.71. The molecule has 1 aliphatic carbocycles. The number of amides is 1. The first-order valence-electron chi connectivity index (χ1n) is 9.04. The zero-order valence-electron chi connectivity index (χ0n) is 14.5. The SMILES string of the molecule is CN1C=CCC(C(=O)N2C[C@H]3C[C@@]3(c3ccc4ccccc4c3)C2)=C1. The molecule has 2 atom stereocenters. The summed E-state index contributed by atoms with van der Waals surface area (Å²) in [4.78, 5) is 16.9. The minimum atomic E-state index is 0.191. The number of hydrogen-bond donors (Lipinski definition) is 0. The van der Waals surface area contributed by atoms with Crippen LogP contribution in [0, 0.1) is 5.92 Å². The lowest BCUT2D eigenvalue weighted by atomic mass is 9.92. The second-order valence-electron chi connectivity index (χ2n) is 7.71. The van der Waals surface area contributed by atoms with Crippen LogP contribution in [0.1, 0.15) is 18.4 Å². The van der Waals surface area contributed by atoms with Gasteiger partial charge in [0.25, 0.3) is 5.91 Å². The molecular weight excluding hydrogens is 308 g/mol. The summed E-state index contributed by atoms with van der Waals surface area (Å²) in [5.74, 6) is 0.832. The molecule has 3 nitrogen and oxygen atoms in total.